The molecule has 0 saturated heterocycles. The van der Waals surface area contributed by atoms with Gasteiger partial charge in [0.15, 0.2) is 0 Å². The van der Waals surface area contributed by atoms with Gasteiger partial charge in [0.2, 0.25) is 10.0 Å². The van der Waals surface area contributed by atoms with Crippen LogP contribution in [-0.4, -0.2) is 25.8 Å². The van der Waals surface area contributed by atoms with E-state index < -0.39 is 10.0 Å². The van der Waals surface area contributed by atoms with Crippen LogP contribution in [0.2, 0.25) is 0 Å². The van der Waals surface area contributed by atoms with Gasteiger partial charge in [-0.05, 0) is 24.5 Å². The maximum atomic E-state index is 11.3. The average Bonchev–Trinajstić information content (AvgIpc) is 3.07. The third-order valence-corrected chi connectivity index (χ3v) is 4.66. The van der Waals surface area contributed by atoms with E-state index in [9.17, 15) is 8.42 Å². The van der Waals surface area contributed by atoms with Crippen molar-refractivity contribution in [3.05, 3.63) is 36.0 Å². The highest BCUT2D eigenvalue weighted by molar-refractivity contribution is 7.88. The zero-order valence-corrected chi connectivity index (χ0v) is 12.0. The van der Waals surface area contributed by atoms with Crippen LogP contribution in [0, 0.1) is 0 Å². The molecule has 1 N–H and O–H groups in total. The Balaban J connectivity index is 2.00. The van der Waals surface area contributed by atoms with E-state index in [2.05, 4.69) is 27.6 Å². The van der Waals surface area contributed by atoms with Crippen molar-refractivity contribution < 1.29 is 8.42 Å². The summed E-state index contributed by atoms with van der Waals surface area (Å²) < 4.78 is 27.4. The first-order valence-electron chi connectivity index (χ1n) is 6.40. The van der Waals surface area contributed by atoms with Crippen LogP contribution in [0.15, 0.2) is 30.5 Å². The lowest BCUT2D eigenvalue weighted by Gasteiger charge is -2.14. The number of sulfonamides is 1. The monoisotopic (exact) mass is 278 g/mol. The Hall–Kier alpha value is -1.33. The Kier molecular flexibility index (Phi) is 2.73. The molecule has 0 bridgehead atoms. The molecule has 0 amide bonds. The fourth-order valence-electron chi connectivity index (χ4n) is 2.73. The van der Waals surface area contributed by atoms with Crippen LogP contribution < -0.4 is 4.72 Å². The predicted molar refractivity (Wildman–Crippen MR) is 76.7 cm³/mol. The molecule has 5 heteroatoms. The van der Waals surface area contributed by atoms with E-state index in [0.29, 0.717) is 6.54 Å². The summed E-state index contributed by atoms with van der Waals surface area (Å²) in [5, 5.41) is 1.23. The van der Waals surface area contributed by atoms with Gasteiger partial charge in [-0.15, -0.1) is 0 Å². The molecule has 0 aliphatic heterocycles. The van der Waals surface area contributed by atoms with Crippen LogP contribution in [0.5, 0.6) is 0 Å². The number of hydrogen-bond donors (Lipinski definition) is 1. The average molecular weight is 278 g/mol. The number of nitrogens with zero attached hydrogens (tertiary/aromatic N) is 1. The quantitative estimate of drug-likeness (QED) is 0.926. The molecule has 1 heterocycles. The molecule has 1 saturated carbocycles. The molecule has 3 rings (SSSR count). The van der Waals surface area contributed by atoms with Crippen molar-refractivity contribution in [2.45, 2.75) is 18.3 Å². The molecule has 1 fully saturated rings. The maximum absolute atomic E-state index is 11.3. The Morgan fingerprint density at radius 1 is 1.32 bits per heavy atom. The van der Waals surface area contributed by atoms with Crippen molar-refractivity contribution >= 4 is 20.9 Å². The molecule has 1 aliphatic carbocycles. The minimum Gasteiger partial charge on any atom is -0.350 e. The van der Waals surface area contributed by atoms with Crippen LogP contribution in [0.25, 0.3) is 10.9 Å². The lowest BCUT2D eigenvalue weighted by Crippen LogP contribution is -2.31. The summed E-state index contributed by atoms with van der Waals surface area (Å²) in [7, 11) is -1.09. The van der Waals surface area contributed by atoms with E-state index in [0.717, 1.165) is 12.8 Å². The molecule has 1 aromatic heterocycles. The summed E-state index contributed by atoms with van der Waals surface area (Å²) in [4.78, 5) is 0. The van der Waals surface area contributed by atoms with Gasteiger partial charge in [0, 0.05) is 36.1 Å². The van der Waals surface area contributed by atoms with E-state index in [-0.39, 0.29) is 5.41 Å². The van der Waals surface area contributed by atoms with E-state index in [1.807, 2.05) is 19.2 Å². The Labute approximate surface area is 113 Å². The summed E-state index contributed by atoms with van der Waals surface area (Å²) >= 11 is 0. The van der Waals surface area contributed by atoms with E-state index in [4.69, 9.17) is 0 Å². The number of aromatic nitrogens is 1. The fraction of sp³-hybridized carbons (Fsp3) is 0.429. The van der Waals surface area contributed by atoms with Crippen LogP contribution in [0.1, 0.15) is 18.4 Å². The first-order chi connectivity index (χ1) is 8.91. The third kappa shape index (κ3) is 2.28. The molecule has 2 aromatic rings. The number of nitrogens with one attached hydrogen (secondary N) is 1. The largest absolute Gasteiger partial charge is 0.350 e. The number of benzene rings is 1. The molecule has 1 aliphatic rings. The summed E-state index contributed by atoms with van der Waals surface area (Å²) in [6.45, 7) is 0.500. The van der Waals surface area contributed by atoms with Gasteiger partial charge in [-0.3, -0.25) is 0 Å². The summed E-state index contributed by atoms with van der Waals surface area (Å²) in [5.41, 5.74) is 2.45. The summed E-state index contributed by atoms with van der Waals surface area (Å²) in [6, 6.07) is 8.27. The van der Waals surface area contributed by atoms with Gasteiger partial charge < -0.3 is 4.57 Å². The third-order valence-electron chi connectivity index (χ3n) is 3.99. The normalized spacial score (nSPS) is 17.8. The first kappa shape index (κ1) is 12.7. The number of fused-ring (bicyclic) bond motifs is 1. The number of rotatable bonds is 4. The lowest BCUT2D eigenvalue weighted by atomic mass is 9.96. The fourth-order valence-corrected chi connectivity index (χ4v) is 3.26. The number of aryl methyl sites for hydroxylation is 1. The Morgan fingerprint density at radius 3 is 2.63 bits per heavy atom. The number of para-hydroxylation sites is 1. The lowest BCUT2D eigenvalue weighted by molar-refractivity contribution is 0.573. The SMILES string of the molecule is Cn1cc(C2(CNS(C)(=O)=O)CC2)c2ccccc21. The smallest absolute Gasteiger partial charge is 0.208 e. The second-order valence-electron chi connectivity index (χ2n) is 5.54. The molecule has 0 unspecified atom stereocenters. The molecule has 102 valence electrons. The van der Waals surface area contributed by atoms with Crippen LogP contribution >= 0.6 is 0 Å². The van der Waals surface area contributed by atoms with E-state index in [1.54, 1.807) is 0 Å². The molecule has 0 spiro atoms. The van der Waals surface area contributed by atoms with Crippen molar-refractivity contribution in [2.75, 3.05) is 12.8 Å². The predicted octanol–water partition coefficient (Wildman–Crippen LogP) is 1.76. The van der Waals surface area contributed by atoms with Crippen molar-refractivity contribution in [3.63, 3.8) is 0 Å². The standard InChI is InChI=1S/C14H18N2O2S/c1-16-9-12(11-5-3-4-6-13(11)16)14(7-8-14)10-15-19(2,17)18/h3-6,9,15H,7-8,10H2,1-2H3. The number of hydrogen-bond acceptors (Lipinski definition) is 2. The van der Waals surface area contributed by atoms with Crippen LogP contribution in [0.3, 0.4) is 0 Å². The van der Waals surface area contributed by atoms with Crippen molar-refractivity contribution in [3.8, 4) is 0 Å². The van der Waals surface area contributed by atoms with Gasteiger partial charge in [-0.2, -0.15) is 0 Å². The molecule has 1 aromatic carbocycles. The highest BCUT2D eigenvalue weighted by atomic mass is 32.2. The second kappa shape index (κ2) is 4.08. The second-order valence-corrected chi connectivity index (χ2v) is 7.38. The highest BCUT2D eigenvalue weighted by Crippen LogP contribution is 2.50. The van der Waals surface area contributed by atoms with Crippen molar-refractivity contribution in [1.29, 1.82) is 0 Å². The van der Waals surface area contributed by atoms with Gasteiger partial charge in [0.25, 0.3) is 0 Å². The summed E-state index contributed by atoms with van der Waals surface area (Å²) in [5.74, 6) is 0. The molecule has 4 nitrogen and oxygen atoms in total. The van der Waals surface area contributed by atoms with Crippen LogP contribution in [0.4, 0.5) is 0 Å². The zero-order chi connectivity index (χ0) is 13.7. The van der Waals surface area contributed by atoms with Gasteiger partial charge in [-0.1, -0.05) is 18.2 Å². The van der Waals surface area contributed by atoms with Crippen LogP contribution in [-0.2, 0) is 22.5 Å². The van der Waals surface area contributed by atoms with Crippen molar-refractivity contribution in [2.24, 2.45) is 7.05 Å². The Morgan fingerprint density at radius 2 is 2.00 bits per heavy atom. The maximum Gasteiger partial charge on any atom is 0.208 e. The highest BCUT2D eigenvalue weighted by Gasteiger charge is 2.46. The first-order valence-corrected chi connectivity index (χ1v) is 8.30. The Bertz CT molecular complexity index is 727. The minimum absolute atomic E-state index is 0.00998. The molecular formula is C14H18N2O2S. The molecule has 19 heavy (non-hydrogen) atoms. The topological polar surface area (TPSA) is 51.1 Å². The molecular weight excluding hydrogens is 260 g/mol. The van der Waals surface area contributed by atoms with Gasteiger partial charge in [0.1, 0.15) is 0 Å². The molecule has 0 atom stereocenters. The summed E-state index contributed by atoms with van der Waals surface area (Å²) in [6.07, 6.45) is 5.45. The van der Waals surface area contributed by atoms with E-state index >= 15 is 0 Å². The minimum atomic E-state index is -3.13. The molecule has 0 radical (unpaired) electrons. The van der Waals surface area contributed by atoms with Gasteiger partial charge >= 0.3 is 0 Å². The van der Waals surface area contributed by atoms with Gasteiger partial charge in [-0.25, -0.2) is 13.1 Å². The van der Waals surface area contributed by atoms with Gasteiger partial charge in [0.05, 0.1) is 6.26 Å². The zero-order valence-electron chi connectivity index (χ0n) is 11.2. The van der Waals surface area contributed by atoms with Crippen molar-refractivity contribution in [1.82, 2.24) is 9.29 Å². The van der Waals surface area contributed by atoms with E-state index in [1.165, 1.54) is 22.7 Å².